The average molecular weight is 156 g/mol. The molecule has 0 unspecified atom stereocenters. The Bertz CT molecular complexity index is 191. The van der Waals surface area contributed by atoms with Gasteiger partial charge in [-0.25, -0.2) is 0 Å². The van der Waals surface area contributed by atoms with E-state index in [4.69, 9.17) is 0 Å². The van der Waals surface area contributed by atoms with Crippen LogP contribution in [0.2, 0.25) is 0 Å². The van der Waals surface area contributed by atoms with Crippen molar-refractivity contribution < 1.29 is 4.92 Å². The van der Waals surface area contributed by atoms with Crippen molar-refractivity contribution >= 4 is 7.85 Å². The van der Waals surface area contributed by atoms with Crippen LogP contribution in [0, 0.1) is 10.1 Å². The maximum absolute atomic E-state index is 10.3. The van der Waals surface area contributed by atoms with Crippen molar-refractivity contribution in [2.45, 2.75) is 13.8 Å². The Morgan fingerprint density at radius 1 is 1.64 bits per heavy atom. The molecular weight excluding hydrogens is 143 g/mol. The first-order valence-corrected chi connectivity index (χ1v) is 3.53. The van der Waals surface area contributed by atoms with E-state index in [-0.39, 0.29) is 10.6 Å². The summed E-state index contributed by atoms with van der Waals surface area (Å²) in [5.41, 5.74) is 0.937. The Labute approximate surface area is 67.4 Å². The van der Waals surface area contributed by atoms with Crippen LogP contribution in [0.3, 0.4) is 0 Å². The van der Waals surface area contributed by atoms with Crippen molar-refractivity contribution in [3.63, 3.8) is 0 Å². The summed E-state index contributed by atoms with van der Waals surface area (Å²) >= 11 is 0. The Hall–Kier alpha value is -0.995. The fourth-order valence-electron chi connectivity index (χ4n) is 0.645. The minimum Gasteiger partial charge on any atom is -0.381 e. The van der Waals surface area contributed by atoms with Gasteiger partial charge in [-0.15, -0.1) is 0 Å². The third kappa shape index (κ3) is 2.61. The highest BCUT2D eigenvalue weighted by atomic mass is 16.6. The van der Waals surface area contributed by atoms with Crippen molar-refractivity contribution in [3.05, 3.63) is 21.5 Å². The molecule has 0 fully saturated rings. The van der Waals surface area contributed by atoms with E-state index in [9.17, 15) is 10.1 Å². The second-order valence-corrected chi connectivity index (χ2v) is 2.44. The van der Waals surface area contributed by atoms with Crippen molar-refractivity contribution in [1.29, 1.82) is 0 Å². The fraction of sp³-hybridized carbons (Fsp3) is 0.667. The summed E-state index contributed by atoms with van der Waals surface area (Å²) in [4.78, 5) is 11.8. The molecular formula is C6H13BN2O2. The fourth-order valence-corrected chi connectivity index (χ4v) is 0.645. The van der Waals surface area contributed by atoms with Gasteiger partial charge in [0.2, 0.25) is 0 Å². The second kappa shape index (κ2) is 4.00. The first kappa shape index (κ1) is 10.0. The normalized spacial score (nSPS) is 12.3. The maximum atomic E-state index is 10.3. The van der Waals surface area contributed by atoms with Gasteiger partial charge in [0.05, 0.1) is 10.6 Å². The Morgan fingerprint density at radius 3 is 2.36 bits per heavy atom. The highest BCUT2D eigenvalue weighted by molar-refractivity contribution is 6.08. The zero-order valence-electron chi connectivity index (χ0n) is 7.42. The van der Waals surface area contributed by atoms with Gasteiger partial charge in [-0.2, -0.15) is 0 Å². The first-order valence-electron chi connectivity index (χ1n) is 3.53. The summed E-state index contributed by atoms with van der Waals surface area (Å²) in [7, 11) is 3.79. The Balaban J connectivity index is 4.51. The van der Waals surface area contributed by atoms with Crippen LogP contribution in [0.1, 0.15) is 13.8 Å². The van der Waals surface area contributed by atoms with Gasteiger partial charge in [0.1, 0.15) is 7.85 Å². The second-order valence-electron chi connectivity index (χ2n) is 2.44. The molecule has 0 radical (unpaired) electrons. The summed E-state index contributed by atoms with van der Waals surface area (Å²) in [6, 6.07) is 0. The van der Waals surface area contributed by atoms with Crippen molar-refractivity contribution in [3.8, 4) is 0 Å². The van der Waals surface area contributed by atoms with Crippen LogP contribution in [-0.2, 0) is 0 Å². The number of nitrogens with zero attached hydrogens (tertiary/aromatic N) is 2. The molecule has 0 aromatic heterocycles. The van der Waals surface area contributed by atoms with Gasteiger partial charge in [-0.05, 0) is 13.4 Å². The van der Waals surface area contributed by atoms with E-state index in [2.05, 4.69) is 0 Å². The van der Waals surface area contributed by atoms with Crippen molar-refractivity contribution in [2.24, 2.45) is 0 Å². The lowest BCUT2D eigenvalue weighted by atomic mass is 10.1. The zero-order chi connectivity index (χ0) is 9.02. The van der Waals surface area contributed by atoms with E-state index in [1.54, 1.807) is 6.92 Å². The quantitative estimate of drug-likeness (QED) is 0.329. The summed E-state index contributed by atoms with van der Waals surface area (Å²) in [6.07, 6.45) is 0.789. The molecule has 0 heterocycles. The van der Waals surface area contributed by atoms with E-state index in [0.717, 1.165) is 12.1 Å². The van der Waals surface area contributed by atoms with Crippen LogP contribution in [0.4, 0.5) is 0 Å². The molecule has 11 heavy (non-hydrogen) atoms. The number of hydrogen-bond donors (Lipinski definition) is 0. The van der Waals surface area contributed by atoms with Crippen LogP contribution in [0.15, 0.2) is 11.4 Å². The van der Waals surface area contributed by atoms with Gasteiger partial charge in [-0.3, -0.25) is 10.1 Å². The molecule has 4 nitrogen and oxygen atoms in total. The van der Waals surface area contributed by atoms with Crippen molar-refractivity contribution in [2.75, 3.05) is 13.5 Å². The molecule has 0 saturated carbocycles. The summed E-state index contributed by atoms with van der Waals surface area (Å²) in [5, 5.41) is 10.3. The van der Waals surface area contributed by atoms with E-state index < -0.39 is 0 Å². The van der Waals surface area contributed by atoms with Crippen LogP contribution < -0.4 is 0 Å². The van der Waals surface area contributed by atoms with Crippen LogP contribution in [0.25, 0.3) is 0 Å². The number of hydrogen-bond acceptors (Lipinski definition) is 3. The predicted octanol–water partition coefficient (Wildman–Crippen LogP) is 0.0369. The number of allylic oxidation sites excluding steroid dienone is 2. The molecule has 0 aliphatic heterocycles. The van der Waals surface area contributed by atoms with E-state index in [1.165, 1.54) is 6.92 Å². The molecule has 5 heteroatoms. The monoisotopic (exact) mass is 156 g/mol. The molecule has 0 aliphatic carbocycles. The molecule has 0 aromatic carbocycles. The standard InChI is InChI=1S/C6H13BN2O2/c1-5(8(3)4-7)6(2)9(10)11/h4,7H2,1-3H3/b6-5+. The zero-order valence-corrected chi connectivity index (χ0v) is 7.42. The molecule has 0 rings (SSSR count). The highest BCUT2D eigenvalue weighted by Gasteiger charge is 2.10. The van der Waals surface area contributed by atoms with Gasteiger partial charge in [0.25, 0.3) is 5.70 Å². The third-order valence-electron chi connectivity index (χ3n) is 1.84. The SMILES string of the molecule is BCN(C)/C(C)=C(\C)[N+](=O)[O-]. The highest BCUT2D eigenvalue weighted by Crippen LogP contribution is 2.06. The van der Waals surface area contributed by atoms with Gasteiger partial charge in [-0.1, -0.05) is 0 Å². The lowest BCUT2D eigenvalue weighted by Gasteiger charge is -2.16. The van der Waals surface area contributed by atoms with Crippen LogP contribution in [0.5, 0.6) is 0 Å². The molecule has 0 aromatic rings. The van der Waals surface area contributed by atoms with Crippen molar-refractivity contribution in [1.82, 2.24) is 4.90 Å². The maximum Gasteiger partial charge on any atom is 0.261 e. The van der Waals surface area contributed by atoms with Gasteiger partial charge in [0.15, 0.2) is 0 Å². The molecule has 0 spiro atoms. The summed E-state index contributed by atoms with van der Waals surface area (Å²) in [6.45, 7) is 3.27. The Kier molecular flexibility index (Phi) is 3.64. The number of rotatable bonds is 3. The minimum atomic E-state index is -0.360. The molecule has 0 saturated heterocycles. The smallest absolute Gasteiger partial charge is 0.261 e. The van der Waals surface area contributed by atoms with Gasteiger partial charge >= 0.3 is 0 Å². The molecule has 62 valence electrons. The molecule has 0 amide bonds. The minimum absolute atomic E-state index is 0.217. The predicted molar refractivity (Wildman–Crippen MR) is 46.5 cm³/mol. The van der Waals surface area contributed by atoms with E-state index in [0.29, 0.717) is 0 Å². The molecule has 0 N–H and O–H groups in total. The average Bonchev–Trinajstić information content (AvgIpc) is 2.00. The lowest BCUT2D eigenvalue weighted by Crippen LogP contribution is -2.20. The summed E-state index contributed by atoms with van der Waals surface area (Å²) in [5.74, 6) is 0. The molecule has 0 atom stereocenters. The van der Waals surface area contributed by atoms with E-state index >= 15 is 0 Å². The Morgan fingerprint density at radius 2 is 2.09 bits per heavy atom. The third-order valence-corrected chi connectivity index (χ3v) is 1.84. The van der Waals surface area contributed by atoms with Crippen LogP contribution in [-0.4, -0.2) is 31.2 Å². The van der Waals surface area contributed by atoms with Gasteiger partial charge < -0.3 is 4.90 Å². The molecule has 0 bridgehead atoms. The number of nitro groups is 1. The largest absolute Gasteiger partial charge is 0.381 e. The van der Waals surface area contributed by atoms with Gasteiger partial charge in [0, 0.05) is 14.0 Å². The first-order chi connectivity index (χ1) is 5.00. The molecule has 0 aliphatic rings. The van der Waals surface area contributed by atoms with E-state index in [1.807, 2.05) is 19.8 Å². The van der Waals surface area contributed by atoms with Crippen LogP contribution >= 0.6 is 0 Å². The lowest BCUT2D eigenvalue weighted by molar-refractivity contribution is -0.426. The topological polar surface area (TPSA) is 46.4 Å². The summed E-state index contributed by atoms with van der Waals surface area (Å²) < 4.78 is 0.